The summed E-state index contributed by atoms with van der Waals surface area (Å²) in [7, 11) is 0. The van der Waals surface area contributed by atoms with Crippen LogP contribution in [0.3, 0.4) is 0 Å². The van der Waals surface area contributed by atoms with Gasteiger partial charge in [-0.05, 0) is 43.1 Å². The minimum Gasteiger partial charge on any atom is -0.341 e. The molecule has 0 spiro atoms. The molecule has 0 bridgehead atoms. The summed E-state index contributed by atoms with van der Waals surface area (Å²) >= 11 is 0. The molecule has 144 valence electrons. The average molecular weight is 359 g/mol. The van der Waals surface area contributed by atoms with E-state index in [9.17, 15) is 9.59 Å². The molecule has 4 nitrogen and oxygen atoms in total. The molecule has 1 fully saturated rings. The van der Waals surface area contributed by atoms with Gasteiger partial charge in [-0.15, -0.1) is 0 Å². The van der Waals surface area contributed by atoms with Crippen molar-refractivity contribution in [3.05, 3.63) is 35.4 Å². The Labute approximate surface area is 158 Å². The van der Waals surface area contributed by atoms with Gasteiger partial charge in [0.15, 0.2) is 5.78 Å². The van der Waals surface area contributed by atoms with Crippen molar-refractivity contribution >= 4 is 11.7 Å². The van der Waals surface area contributed by atoms with Crippen LogP contribution < -0.4 is 5.73 Å². The molecule has 0 aliphatic carbocycles. The van der Waals surface area contributed by atoms with Crippen molar-refractivity contribution in [3.8, 4) is 0 Å². The first-order chi connectivity index (χ1) is 12.3. The van der Waals surface area contributed by atoms with Crippen LogP contribution in [-0.2, 0) is 11.2 Å². The second kappa shape index (κ2) is 9.31. The summed E-state index contributed by atoms with van der Waals surface area (Å²) in [5, 5.41) is 0. The molecular formula is C22H34N2O2. The predicted octanol–water partition coefficient (Wildman–Crippen LogP) is 3.68. The summed E-state index contributed by atoms with van der Waals surface area (Å²) in [6, 6.07) is 7.62. The van der Waals surface area contributed by atoms with Gasteiger partial charge in [0.1, 0.15) is 0 Å². The van der Waals surface area contributed by atoms with Crippen LogP contribution >= 0.6 is 0 Å². The van der Waals surface area contributed by atoms with Gasteiger partial charge >= 0.3 is 0 Å². The maximum Gasteiger partial charge on any atom is 0.239 e. The number of piperidine rings is 1. The van der Waals surface area contributed by atoms with Crippen molar-refractivity contribution in [1.29, 1.82) is 0 Å². The van der Waals surface area contributed by atoms with Crippen LogP contribution in [0.15, 0.2) is 24.3 Å². The zero-order valence-corrected chi connectivity index (χ0v) is 16.7. The first kappa shape index (κ1) is 20.6. The van der Waals surface area contributed by atoms with E-state index in [0.717, 1.165) is 24.8 Å². The third-order valence-corrected chi connectivity index (χ3v) is 5.10. The number of nitrogens with zero attached hydrogens (tertiary/aromatic N) is 1. The molecule has 0 saturated carbocycles. The number of ketones is 1. The standard InChI is InChI=1S/C22H34N2O2/c1-15(2)13-17-5-7-18(8-6-17)21(25)19-9-11-24(12-10-19)22(26)20(23)14-16(3)4/h5-8,15-16,19-20H,9-14,23H2,1-4H3/t20-/m0/s1. The molecule has 0 radical (unpaired) electrons. The lowest BCUT2D eigenvalue weighted by Crippen LogP contribution is -2.48. The van der Waals surface area contributed by atoms with Gasteiger partial charge in [0.25, 0.3) is 0 Å². The van der Waals surface area contributed by atoms with E-state index in [1.807, 2.05) is 17.0 Å². The van der Waals surface area contributed by atoms with Crippen LogP contribution in [0.2, 0.25) is 0 Å². The summed E-state index contributed by atoms with van der Waals surface area (Å²) in [6.07, 6.45) is 3.20. The fourth-order valence-electron chi connectivity index (χ4n) is 3.72. The molecule has 1 aromatic rings. The Balaban J connectivity index is 1.89. The molecule has 26 heavy (non-hydrogen) atoms. The molecule has 1 aliphatic heterocycles. The number of likely N-dealkylation sites (tertiary alicyclic amines) is 1. The topological polar surface area (TPSA) is 63.4 Å². The van der Waals surface area contributed by atoms with Crippen LogP contribution in [0.4, 0.5) is 0 Å². The number of rotatable bonds is 7. The second-order valence-corrected chi connectivity index (χ2v) is 8.49. The van der Waals surface area contributed by atoms with Gasteiger partial charge in [-0.3, -0.25) is 9.59 Å². The summed E-state index contributed by atoms with van der Waals surface area (Å²) in [5.41, 5.74) is 8.09. The highest BCUT2D eigenvalue weighted by atomic mass is 16.2. The van der Waals surface area contributed by atoms with Gasteiger partial charge < -0.3 is 10.6 Å². The Morgan fingerprint density at radius 2 is 1.62 bits per heavy atom. The zero-order chi connectivity index (χ0) is 19.3. The first-order valence-corrected chi connectivity index (χ1v) is 9.95. The molecular weight excluding hydrogens is 324 g/mol. The SMILES string of the molecule is CC(C)Cc1ccc(C(=O)C2CCN(C(=O)[C@@H](N)CC(C)C)CC2)cc1. The molecule has 2 N–H and O–H groups in total. The predicted molar refractivity (Wildman–Crippen MR) is 106 cm³/mol. The molecule has 1 saturated heterocycles. The van der Waals surface area contributed by atoms with E-state index in [2.05, 4.69) is 39.8 Å². The minimum atomic E-state index is -0.421. The summed E-state index contributed by atoms with van der Waals surface area (Å²) in [6.45, 7) is 9.80. The number of carbonyl (C=O) groups excluding carboxylic acids is 2. The lowest BCUT2D eigenvalue weighted by atomic mass is 9.88. The van der Waals surface area contributed by atoms with Gasteiger partial charge in [0.2, 0.25) is 5.91 Å². The maximum absolute atomic E-state index is 12.8. The monoisotopic (exact) mass is 358 g/mol. The van der Waals surface area contributed by atoms with Gasteiger partial charge in [0, 0.05) is 24.6 Å². The normalized spacial score (nSPS) is 17.0. The quantitative estimate of drug-likeness (QED) is 0.756. The fraction of sp³-hybridized carbons (Fsp3) is 0.636. The van der Waals surface area contributed by atoms with Gasteiger partial charge in [-0.2, -0.15) is 0 Å². The lowest BCUT2D eigenvalue weighted by Gasteiger charge is -2.33. The highest BCUT2D eigenvalue weighted by Gasteiger charge is 2.30. The van der Waals surface area contributed by atoms with Crippen LogP contribution in [0.5, 0.6) is 0 Å². The largest absolute Gasteiger partial charge is 0.341 e. The van der Waals surface area contributed by atoms with E-state index in [-0.39, 0.29) is 17.6 Å². The Kier molecular flexibility index (Phi) is 7.39. The Bertz CT molecular complexity index is 599. The summed E-state index contributed by atoms with van der Waals surface area (Å²) in [5.74, 6) is 1.27. The Morgan fingerprint density at radius 1 is 1.04 bits per heavy atom. The van der Waals surface area contributed by atoms with Crippen LogP contribution in [0.25, 0.3) is 0 Å². The van der Waals surface area contributed by atoms with Crippen molar-refractivity contribution in [2.24, 2.45) is 23.5 Å². The molecule has 2 rings (SSSR count). The number of carbonyl (C=O) groups is 2. The number of hydrogen-bond acceptors (Lipinski definition) is 3. The van der Waals surface area contributed by atoms with E-state index in [1.54, 1.807) is 0 Å². The van der Waals surface area contributed by atoms with Crippen molar-refractivity contribution in [2.45, 2.75) is 59.4 Å². The fourth-order valence-corrected chi connectivity index (χ4v) is 3.72. The van der Waals surface area contributed by atoms with E-state index in [0.29, 0.717) is 31.3 Å². The van der Waals surface area contributed by atoms with Crippen molar-refractivity contribution < 1.29 is 9.59 Å². The second-order valence-electron chi connectivity index (χ2n) is 8.49. The van der Waals surface area contributed by atoms with Crippen molar-refractivity contribution in [1.82, 2.24) is 4.90 Å². The van der Waals surface area contributed by atoms with Crippen LogP contribution in [0, 0.1) is 17.8 Å². The number of Topliss-reactive ketones (excluding diaryl/α,β-unsaturated/α-hetero) is 1. The summed E-state index contributed by atoms with van der Waals surface area (Å²) in [4.78, 5) is 27.0. The molecule has 0 aromatic heterocycles. The molecule has 1 heterocycles. The molecule has 1 aliphatic rings. The van der Waals surface area contributed by atoms with E-state index in [4.69, 9.17) is 5.73 Å². The van der Waals surface area contributed by atoms with Crippen molar-refractivity contribution in [2.75, 3.05) is 13.1 Å². The maximum atomic E-state index is 12.8. The molecule has 0 unspecified atom stereocenters. The molecule has 1 amide bonds. The van der Waals surface area contributed by atoms with E-state index >= 15 is 0 Å². The average Bonchev–Trinajstić information content (AvgIpc) is 2.60. The summed E-state index contributed by atoms with van der Waals surface area (Å²) < 4.78 is 0. The molecule has 1 atom stereocenters. The minimum absolute atomic E-state index is 0.0105. The van der Waals surface area contributed by atoms with Gasteiger partial charge in [-0.25, -0.2) is 0 Å². The van der Waals surface area contributed by atoms with E-state index in [1.165, 1.54) is 5.56 Å². The van der Waals surface area contributed by atoms with Gasteiger partial charge in [0.05, 0.1) is 6.04 Å². The third kappa shape index (κ3) is 5.66. The zero-order valence-electron chi connectivity index (χ0n) is 16.7. The smallest absolute Gasteiger partial charge is 0.239 e. The molecule has 4 heteroatoms. The first-order valence-electron chi connectivity index (χ1n) is 9.95. The Hall–Kier alpha value is -1.68. The van der Waals surface area contributed by atoms with Crippen LogP contribution in [0.1, 0.15) is 62.9 Å². The highest BCUT2D eigenvalue weighted by molar-refractivity contribution is 5.98. The number of amides is 1. The number of hydrogen-bond donors (Lipinski definition) is 1. The van der Waals surface area contributed by atoms with Crippen molar-refractivity contribution in [3.63, 3.8) is 0 Å². The number of benzene rings is 1. The Morgan fingerprint density at radius 3 is 2.12 bits per heavy atom. The third-order valence-electron chi connectivity index (χ3n) is 5.10. The molecule has 1 aromatic carbocycles. The lowest BCUT2D eigenvalue weighted by molar-refractivity contribution is -0.134. The van der Waals surface area contributed by atoms with Crippen LogP contribution in [-0.4, -0.2) is 35.7 Å². The highest BCUT2D eigenvalue weighted by Crippen LogP contribution is 2.23. The van der Waals surface area contributed by atoms with E-state index < -0.39 is 6.04 Å². The van der Waals surface area contributed by atoms with Gasteiger partial charge in [-0.1, -0.05) is 52.0 Å². The number of nitrogens with two attached hydrogens (primary N) is 1.